The molecule has 0 spiro atoms. The van der Waals surface area contributed by atoms with Crippen LogP contribution in [0.5, 0.6) is 0 Å². The highest BCUT2D eigenvalue weighted by molar-refractivity contribution is 7.89. The second-order valence-corrected chi connectivity index (χ2v) is 10.2. The van der Waals surface area contributed by atoms with Crippen molar-refractivity contribution < 1.29 is 18.1 Å². The van der Waals surface area contributed by atoms with Gasteiger partial charge in [0, 0.05) is 18.5 Å². The molecule has 1 aliphatic heterocycles. The monoisotopic (exact) mass is 382 g/mol. The molecular weight excluding hydrogens is 350 g/mol. The number of carbonyl (C=O) groups excluding carboxylic acids is 1. The van der Waals surface area contributed by atoms with E-state index in [4.69, 9.17) is 0 Å². The highest BCUT2D eigenvalue weighted by Gasteiger charge is 2.30. The molecule has 1 fully saturated rings. The third-order valence-electron chi connectivity index (χ3n) is 4.53. The first kappa shape index (κ1) is 20.9. The molecule has 0 aromatic heterocycles. The molecule has 1 aromatic carbocycles. The van der Waals surface area contributed by atoms with Crippen LogP contribution in [0.3, 0.4) is 0 Å². The van der Waals surface area contributed by atoms with Gasteiger partial charge in [-0.15, -0.1) is 0 Å². The number of hydrogen-bond donors (Lipinski definition) is 2. The van der Waals surface area contributed by atoms with Gasteiger partial charge in [0.2, 0.25) is 10.0 Å². The highest BCUT2D eigenvalue weighted by atomic mass is 32.2. The molecule has 1 aliphatic rings. The fourth-order valence-corrected chi connectivity index (χ4v) is 5.04. The third-order valence-corrected chi connectivity index (χ3v) is 6.58. The molecule has 1 unspecified atom stereocenters. The van der Waals surface area contributed by atoms with Crippen LogP contribution in [0.25, 0.3) is 0 Å². The second kappa shape index (κ2) is 8.06. The smallest absolute Gasteiger partial charge is 0.275 e. The van der Waals surface area contributed by atoms with Crippen LogP contribution in [-0.4, -0.2) is 56.9 Å². The standard InChI is InChI=1S/C19H31N3O3S/c1-15-7-8-17(16(2)13-15)26(24,25)22-10-6-9-21(11-12-22)14-18(23)20-19(3,4)5/h7-8,13H,6,9-12,14H2,1-5H3,(H,20,23)/p+1. The van der Waals surface area contributed by atoms with E-state index in [0.717, 1.165) is 29.0 Å². The van der Waals surface area contributed by atoms with Crippen LogP contribution in [0.2, 0.25) is 0 Å². The normalized spacial score (nSPS) is 19.8. The number of quaternary nitrogens is 1. The Hall–Kier alpha value is -1.44. The molecule has 146 valence electrons. The lowest BCUT2D eigenvalue weighted by Gasteiger charge is -2.23. The Morgan fingerprint density at radius 2 is 1.88 bits per heavy atom. The zero-order valence-corrected chi connectivity index (χ0v) is 17.4. The molecular formula is C19H32N3O3S+. The topological polar surface area (TPSA) is 70.9 Å². The molecule has 2 N–H and O–H groups in total. The summed E-state index contributed by atoms with van der Waals surface area (Å²) < 4.78 is 27.6. The molecule has 26 heavy (non-hydrogen) atoms. The molecule has 1 atom stereocenters. The molecule has 1 heterocycles. The summed E-state index contributed by atoms with van der Waals surface area (Å²) in [5.41, 5.74) is 1.58. The largest absolute Gasteiger partial charge is 0.347 e. The van der Waals surface area contributed by atoms with Crippen molar-refractivity contribution >= 4 is 15.9 Å². The maximum atomic E-state index is 13.0. The lowest BCUT2D eigenvalue weighted by molar-refractivity contribution is -0.889. The zero-order chi connectivity index (χ0) is 19.5. The molecule has 2 rings (SSSR count). The zero-order valence-electron chi connectivity index (χ0n) is 16.6. The summed E-state index contributed by atoms with van der Waals surface area (Å²) in [5.74, 6) is 0.0122. The fraction of sp³-hybridized carbons (Fsp3) is 0.632. The predicted octanol–water partition coefficient (Wildman–Crippen LogP) is 0.497. The van der Waals surface area contributed by atoms with E-state index in [1.165, 1.54) is 0 Å². The average molecular weight is 383 g/mol. The Morgan fingerprint density at radius 1 is 1.19 bits per heavy atom. The number of nitrogens with one attached hydrogen (secondary N) is 2. The summed E-state index contributed by atoms with van der Waals surface area (Å²) in [6, 6.07) is 5.44. The number of hydrogen-bond acceptors (Lipinski definition) is 3. The van der Waals surface area contributed by atoms with Crippen LogP contribution in [0.15, 0.2) is 23.1 Å². The Morgan fingerprint density at radius 3 is 2.50 bits per heavy atom. The molecule has 7 heteroatoms. The van der Waals surface area contributed by atoms with Crippen LogP contribution in [0.4, 0.5) is 0 Å². The van der Waals surface area contributed by atoms with Crippen molar-refractivity contribution in [3.05, 3.63) is 29.3 Å². The lowest BCUT2D eigenvalue weighted by atomic mass is 10.1. The van der Waals surface area contributed by atoms with Gasteiger partial charge in [0.25, 0.3) is 5.91 Å². The van der Waals surface area contributed by atoms with Gasteiger partial charge in [0.1, 0.15) is 0 Å². The van der Waals surface area contributed by atoms with Crippen LogP contribution in [-0.2, 0) is 14.8 Å². The first-order valence-corrected chi connectivity index (χ1v) is 10.6. The molecule has 0 bridgehead atoms. The van der Waals surface area contributed by atoms with E-state index in [2.05, 4.69) is 5.32 Å². The summed E-state index contributed by atoms with van der Waals surface area (Å²) in [6.07, 6.45) is 0.752. The minimum Gasteiger partial charge on any atom is -0.347 e. The minimum absolute atomic E-state index is 0.0122. The second-order valence-electron chi connectivity index (χ2n) is 8.25. The summed E-state index contributed by atoms with van der Waals surface area (Å²) in [4.78, 5) is 13.7. The maximum Gasteiger partial charge on any atom is 0.275 e. The van der Waals surface area contributed by atoms with Gasteiger partial charge in [0.05, 0.1) is 24.5 Å². The number of rotatable bonds is 4. The Kier molecular flexibility index (Phi) is 6.47. The maximum absolute atomic E-state index is 13.0. The van der Waals surface area contributed by atoms with Crippen molar-refractivity contribution in [2.75, 3.05) is 32.7 Å². The van der Waals surface area contributed by atoms with Gasteiger partial charge in [-0.05, 0) is 46.2 Å². The van der Waals surface area contributed by atoms with Crippen LogP contribution >= 0.6 is 0 Å². The van der Waals surface area contributed by atoms with E-state index < -0.39 is 10.0 Å². The van der Waals surface area contributed by atoms with E-state index in [-0.39, 0.29) is 11.4 Å². The lowest BCUT2D eigenvalue weighted by Crippen LogP contribution is -3.13. The van der Waals surface area contributed by atoms with Crippen LogP contribution < -0.4 is 10.2 Å². The van der Waals surface area contributed by atoms with Gasteiger partial charge in [-0.25, -0.2) is 8.42 Å². The summed E-state index contributed by atoms with van der Waals surface area (Å²) in [7, 11) is -3.49. The van der Waals surface area contributed by atoms with Gasteiger partial charge in [0.15, 0.2) is 6.54 Å². The molecule has 1 amide bonds. The van der Waals surface area contributed by atoms with Crippen molar-refractivity contribution in [2.45, 2.75) is 51.5 Å². The highest BCUT2D eigenvalue weighted by Crippen LogP contribution is 2.21. The number of benzene rings is 1. The summed E-state index contributed by atoms with van der Waals surface area (Å²) >= 11 is 0. The first-order valence-electron chi connectivity index (χ1n) is 9.21. The van der Waals surface area contributed by atoms with Crippen LogP contribution in [0, 0.1) is 13.8 Å². The SMILES string of the molecule is Cc1ccc(S(=O)(=O)N2CCC[NH+](CC(=O)NC(C)(C)C)CC2)c(C)c1. The number of sulfonamides is 1. The van der Waals surface area contributed by atoms with Gasteiger partial charge in [-0.3, -0.25) is 4.79 Å². The van der Waals surface area contributed by atoms with E-state index in [0.29, 0.717) is 31.1 Å². The van der Waals surface area contributed by atoms with Gasteiger partial charge < -0.3 is 10.2 Å². The third kappa shape index (κ3) is 5.53. The van der Waals surface area contributed by atoms with Gasteiger partial charge in [-0.1, -0.05) is 17.7 Å². The summed E-state index contributed by atoms with van der Waals surface area (Å²) in [5, 5.41) is 2.98. The average Bonchev–Trinajstić information content (AvgIpc) is 2.70. The van der Waals surface area contributed by atoms with E-state index in [1.54, 1.807) is 10.4 Å². The van der Waals surface area contributed by atoms with Gasteiger partial charge >= 0.3 is 0 Å². The van der Waals surface area contributed by atoms with E-state index in [1.807, 2.05) is 46.8 Å². The molecule has 0 aliphatic carbocycles. The van der Waals surface area contributed by atoms with E-state index in [9.17, 15) is 13.2 Å². The molecule has 1 aromatic rings. The molecule has 1 saturated heterocycles. The van der Waals surface area contributed by atoms with Crippen molar-refractivity contribution in [3.63, 3.8) is 0 Å². The first-order chi connectivity index (χ1) is 12.0. The number of aryl methyl sites for hydroxylation is 2. The summed E-state index contributed by atoms with van der Waals surface area (Å²) in [6.45, 7) is 12.4. The Bertz CT molecular complexity index is 754. The number of amides is 1. The number of nitrogens with zero attached hydrogens (tertiary/aromatic N) is 1. The minimum atomic E-state index is -3.49. The van der Waals surface area contributed by atoms with Gasteiger partial charge in [-0.2, -0.15) is 4.31 Å². The Balaban J connectivity index is 2.04. The van der Waals surface area contributed by atoms with E-state index >= 15 is 0 Å². The van der Waals surface area contributed by atoms with Crippen molar-refractivity contribution in [3.8, 4) is 0 Å². The molecule has 6 nitrogen and oxygen atoms in total. The fourth-order valence-electron chi connectivity index (χ4n) is 3.36. The van der Waals surface area contributed by atoms with Crippen molar-refractivity contribution in [2.24, 2.45) is 0 Å². The Labute approximate surface area is 157 Å². The quantitative estimate of drug-likeness (QED) is 0.797. The van der Waals surface area contributed by atoms with Crippen LogP contribution in [0.1, 0.15) is 38.3 Å². The predicted molar refractivity (Wildman–Crippen MR) is 103 cm³/mol. The van der Waals surface area contributed by atoms with Crippen molar-refractivity contribution in [1.82, 2.24) is 9.62 Å². The molecule has 0 radical (unpaired) electrons. The van der Waals surface area contributed by atoms with Crippen molar-refractivity contribution in [1.29, 1.82) is 0 Å². The molecule has 0 saturated carbocycles. The number of carbonyl (C=O) groups is 1.